The molecule has 1 amide bonds. The van der Waals surface area contributed by atoms with E-state index in [0.717, 1.165) is 5.56 Å². The van der Waals surface area contributed by atoms with Gasteiger partial charge in [0, 0.05) is 5.54 Å². The Hall–Kier alpha value is -2.08. The smallest absolute Gasteiger partial charge is 0.262 e. The molecule has 0 saturated carbocycles. The molecular weight excluding hydrogens is 212 g/mol. The second-order valence-corrected chi connectivity index (χ2v) is 4.78. The SMILES string of the molecule is CC(C)(C)NC(=O)C(C#N)=Cc1ccccc1. The minimum Gasteiger partial charge on any atom is -0.347 e. The molecule has 0 aliphatic carbocycles. The Bertz CT molecular complexity index is 461. The lowest BCUT2D eigenvalue weighted by molar-refractivity contribution is -0.118. The highest BCUT2D eigenvalue weighted by Crippen LogP contribution is 2.08. The zero-order valence-corrected chi connectivity index (χ0v) is 10.3. The molecule has 1 aromatic rings. The molecule has 0 heterocycles. The van der Waals surface area contributed by atoms with Gasteiger partial charge in [0.15, 0.2) is 0 Å². The van der Waals surface area contributed by atoms with Crippen molar-refractivity contribution in [3.63, 3.8) is 0 Å². The molecule has 0 aliphatic rings. The molecule has 17 heavy (non-hydrogen) atoms. The predicted octanol–water partition coefficient (Wildman–Crippen LogP) is 2.51. The van der Waals surface area contributed by atoms with Crippen molar-refractivity contribution in [3.05, 3.63) is 41.5 Å². The van der Waals surface area contributed by atoms with E-state index in [2.05, 4.69) is 5.32 Å². The highest BCUT2D eigenvalue weighted by atomic mass is 16.1. The van der Waals surface area contributed by atoms with Gasteiger partial charge in [-0.3, -0.25) is 4.79 Å². The molecule has 1 N–H and O–H groups in total. The first-order valence-electron chi connectivity index (χ1n) is 5.42. The number of benzene rings is 1. The van der Waals surface area contributed by atoms with E-state index in [1.807, 2.05) is 57.2 Å². The third-order valence-corrected chi connectivity index (χ3v) is 1.96. The molecule has 0 fully saturated rings. The van der Waals surface area contributed by atoms with Crippen molar-refractivity contribution in [1.29, 1.82) is 5.26 Å². The van der Waals surface area contributed by atoms with E-state index < -0.39 is 0 Å². The second kappa shape index (κ2) is 5.31. The monoisotopic (exact) mass is 228 g/mol. The molecular formula is C14H16N2O. The fourth-order valence-electron chi connectivity index (χ4n) is 1.27. The zero-order chi connectivity index (χ0) is 12.9. The maximum absolute atomic E-state index is 11.8. The molecule has 0 aromatic heterocycles. The topological polar surface area (TPSA) is 52.9 Å². The van der Waals surface area contributed by atoms with E-state index in [9.17, 15) is 4.79 Å². The van der Waals surface area contributed by atoms with Crippen LogP contribution in [-0.4, -0.2) is 11.4 Å². The molecule has 0 spiro atoms. The van der Waals surface area contributed by atoms with Gasteiger partial charge in [0.1, 0.15) is 11.6 Å². The third-order valence-electron chi connectivity index (χ3n) is 1.96. The summed E-state index contributed by atoms with van der Waals surface area (Å²) >= 11 is 0. The quantitative estimate of drug-likeness (QED) is 0.624. The van der Waals surface area contributed by atoms with Gasteiger partial charge in [0.05, 0.1) is 0 Å². The van der Waals surface area contributed by atoms with Crippen molar-refractivity contribution in [2.45, 2.75) is 26.3 Å². The predicted molar refractivity (Wildman–Crippen MR) is 67.9 cm³/mol. The van der Waals surface area contributed by atoms with E-state index in [1.165, 1.54) is 0 Å². The number of carbonyl (C=O) groups excluding carboxylic acids is 1. The van der Waals surface area contributed by atoms with Gasteiger partial charge >= 0.3 is 0 Å². The maximum atomic E-state index is 11.8. The lowest BCUT2D eigenvalue weighted by atomic mass is 10.1. The molecule has 1 aromatic carbocycles. The fourth-order valence-corrected chi connectivity index (χ4v) is 1.27. The van der Waals surface area contributed by atoms with Gasteiger partial charge < -0.3 is 5.32 Å². The number of nitrogens with zero attached hydrogens (tertiary/aromatic N) is 1. The number of amides is 1. The molecule has 0 saturated heterocycles. The first-order chi connectivity index (χ1) is 7.92. The molecule has 0 bridgehead atoms. The lowest BCUT2D eigenvalue weighted by Crippen LogP contribution is -2.41. The van der Waals surface area contributed by atoms with Crippen LogP contribution in [-0.2, 0) is 4.79 Å². The second-order valence-electron chi connectivity index (χ2n) is 4.78. The van der Waals surface area contributed by atoms with Crippen molar-refractivity contribution < 1.29 is 4.79 Å². The van der Waals surface area contributed by atoms with Crippen LogP contribution >= 0.6 is 0 Å². The first-order valence-corrected chi connectivity index (χ1v) is 5.42. The number of nitrogens with one attached hydrogen (secondary N) is 1. The number of carbonyl (C=O) groups is 1. The van der Waals surface area contributed by atoms with Gasteiger partial charge in [-0.15, -0.1) is 0 Å². The summed E-state index contributed by atoms with van der Waals surface area (Å²) in [5.41, 5.74) is 0.614. The summed E-state index contributed by atoms with van der Waals surface area (Å²) in [4.78, 5) is 11.8. The number of hydrogen-bond acceptors (Lipinski definition) is 2. The highest BCUT2D eigenvalue weighted by Gasteiger charge is 2.16. The molecule has 1 rings (SSSR count). The van der Waals surface area contributed by atoms with Crippen molar-refractivity contribution in [3.8, 4) is 6.07 Å². The summed E-state index contributed by atoms with van der Waals surface area (Å²) < 4.78 is 0. The minimum atomic E-state index is -0.344. The van der Waals surface area contributed by atoms with Crippen molar-refractivity contribution in [2.75, 3.05) is 0 Å². The van der Waals surface area contributed by atoms with Gasteiger partial charge in [-0.2, -0.15) is 5.26 Å². The Morgan fingerprint density at radius 3 is 2.35 bits per heavy atom. The van der Waals surface area contributed by atoms with Gasteiger partial charge in [-0.05, 0) is 32.4 Å². The number of nitriles is 1. The van der Waals surface area contributed by atoms with E-state index in [4.69, 9.17) is 5.26 Å². The van der Waals surface area contributed by atoms with E-state index in [1.54, 1.807) is 6.08 Å². The molecule has 3 nitrogen and oxygen atoms in total. The number of hydrogen-bond donors (Lipinski definition) is 1. The van der Waals surface area contributed by atoms with Gasteiger partial charge in [-0.25, -0.2) is 0 Å². The third kappa shape index (κ3) is 4.52. The van der Waals surface area contributed by atoms with Crippen LogP contribution in [0.2, 0.25) is 0 Å². The lowest BCUT2D eigenvalue weighted by Gasteiger charge is -2.19. The Morgan fingerprint density at radius 1 is 1.29 bits per heavy atom. The van der Waals surface area contributed by atoms with E-state index >= 15 is 0 Å². The summed E-state index contributed by atoms with van der Waals surface area (Å²) in [7, 11) is 0. The van der Waals surface area contributed by atoms with Crippen molar-refractivity contribution in [2.24, 2.45) is 0 Å². The normalized spacial score (nSPS) is 11.8. The van der Waals surface area contributed by atoms with Gasteiger partial charge in [-0.1, -0.05) is 30.3 Å². The van der Waals surface area contributed by atoms with Gasteiger partial charge in [0.2, 0.25) is 0 Å². The summed E-state index contributed by atoms with van der Waals surface area (Å²) in [6.45, 7) is 5.63. The first kappa shape index (κ1) is 13.0. The van der Waals surface area contributed by atoms with Crippen LogP contribution in [0.3, 0.4) is 0 Å². The van der Waals surface area contributed by atoms with E-state index in [-0.39, 0.29) is 17.0 Å². The Morgan fingerprint density at radius 2 is 1.88 bits per heavy atom. The average Bonchev–Trinajstić information content (AvgIpc) is 2.24. The van der Waals surface area contributed by atoms with Crippen LogP contribution in [0, 0.1) is 11.3 Å². The largest absolute Gasteiger partial charge is 0.347 e. The zero-order valence-electron chi connectivity index (χ0n) is 10.3. The van der Waals surface area contributed by atoms with Crippen LogP contribution in [0.15, 0.2) is 35.9 Å². The Balaban J connectivity index is 2.90. The summed E-state index contributed by atoms with van der Waals surface area (Å²) in [6, 6.07) is 11.2. The van der Waals surface area contributed by atoms with Crippen LogP contribution < -0.4 is 5.32 Å². The Kier molecular flexibility index (Phi) is 4.06. The van der Waals surface area contributed by atoms with Crippen molar-refractivity contribution >= 4 is 12.0 Å². The summed E-state index contributed by atoms with van der Waals surface area (Å²) in [6.07, 6.45) is 1.58. The molecule has 0 atom stereocenters. The summed E-state index contributed by atoms with van der Waals surface area (Å²) in [5.74, 6) is -0.344. The van der Waals surface area contributed by atoms with Gasteiger partial charge in [0.25, 0.3) is 5.91 Å². The molecule has 0 unspecified atom stereocenters. The van der Waals surface area contributed by atoms with Crippen LogP contribution in [0.4, 0.5) is 0 Å². The Labute approximate surface area is 102 Å². The van der Waals surface area contributed by atoms with Crippen LogP contribution in [0.5, 0.6) is 0 Å². The molecule has 0 radical (unpaired) electrons. The highest BCUT2D eigenvalue weighted by molar-refractivity contribution is 6.01. The fraction of sp³-hybridized carbons (Fsp3) is 0.286. The van der Waals surface area contributed by atoms with E-state index in [0.29, 0.717) is 0 Å². The molecule has 3 heteroatoms. The van der Waals surface area contributed by atoms with Crippen LogP contribution in [0.1, 0.15) is 26.3 Å². The molecule has 88 valence electrons. The number of rotatable bonds is 2. The summed E-state index contributed by atoms with van der Waals surface area (Å²) in [5, 5.41) is 11.7. The minimum absolute atomic E-state index is 0.117. The van der Waals surface area contributed by atoms with Crippen molar-refractivity contribution in [1.82, 2.24) is 5.32 Å². The molecule has 0 aliphatic heterocycles. The maximum Gasteiger partial charge on any atom is 0.262 e. The van der Waals surface area contributed by atoms with Crippen LogP contribution in [0.25, 0.3) is 6.08 Å². The average molecular weight is 228 g/mol. The standard InChI is InChI=1S/C14H16N2O/c1-14(2,3)16-13(17)12(10-15)9-11-7-5-4-6-8-11/h4-9H,1-3H3,(H,16,17).